The zero-order valence-electron chi connectivity index (χ0n) is 10.7. The molecule has 0 saturated heterocycles. The summed E-state index contributed by atoms with van der Waals surface area (Å²) in [5.74, 6) is 0. The number of nitro benzene ring substituents is 1. The van der Waals surface area contributed by atoms with Gasteiger partial charge < -0.3 is 5.43 Å². The van der Waals surface area contributed by atoms with Gasteiger partial charge in [0.05, 0.1) is 16.7 Å². The molecule has 1 N–H and O–H groups in total. The van der Waals surface area contributed by atoms with E-state index in [2.05, 4.69) is 22.7 Å². The van der Waals surface area contributed by atoms with E-state index in [-0.39, 0.29) is 11.7 Å². The Bertz CT molecular complexity index is 651. The van der Waals surface area contributed by atoms with Gasteiger partial charge in [0, 0.05) is 18.6 Å². The van der Waals surface area contributed by atoms with Crippen molar-refractivity contribution in [1.29, 1.82) is 0 Å². The molecule has 2 aromatic rings. The van der Waals surface area contributed by atoms with Crippen molar-refractivity contribution in [2.24, 2.45) is 5.10 Å². The lowest BCUT2D eigenvalue weighted by Gasteiger charge is -2.09. The molecule has 5 heteroatoms. The largest absolute Gasteiger partial charge is 0.302 e. The van der Waals surface area contributed by atoms with Crippen molar-refractivity contribution < 1.29 is 4.92 Å². The van der Waals surface area contributed by atoms with Crippen LogP contribution in [-0.4, -0.2) is 10.6 Å². The van der Waals surface area contributed by atoms with Gasteiger partial charge in [0.25, 0.3) is 5.69 Å². The predicted octanol–water partition coefficient (Wildman–Crippen LogP) is 3.03. The minimum absolute atomic E-state index is 0.0971. The van der Waals surface area contributed by atoms with Gasteiger partial charge in [0.1, 0.15) is 0 Å². The standard InChI is InChI=1S/C15H13N3O2/c19-18(20)13-8-6-12(7-9-13)15-10-14(16-17-15)11-4-2-1-3-5-11/h1-9,14,16H,10H2. The van der Waals surface area contributed by atoms with Crippen LogP contribution in [0.15, 0.2) is 59.7 Å². The van der Waals surface area contributed by atoms with Crippen molar-refractivity contribution in [2.75, 3.05) is 0 Å². The van der Waals surface area contributed by atoms with Gasteiger partial charge in [-0.15, -0.1) is 0 Å². The van der Waals surface area contributed by atoms with E-state index < -0.39 is 4.92 Å². The summed E-state index contributed by atoms with van der Waals surface area (Å²) in [4.78, 5) is 10.2. The first-order valence-corrected chi connectivity index (χ1v) is 6.36. The monoisotopic (exact) mass is 267 g/mol. The third kappa shape index (κ3) is 2.38. The van der Waals surface area contributed by atoms with Crippen LogP contribution in [0.25, 0.3) is 0 Å². The van der Waals surface area contributed by atoms with Gasteiger partial charge in [-0.3, -0.25) is 10.1 Å². The van der Waals surface area contributed by atoms with Crippen LogP contribution in [0.5, 0.6) is 0 Å². The van der Waals surface area contributed by atoms with Crippen LogP contribution in [0, 0.1) is 10.1 Å². The number of non-ortho nitro benzene ring substituents is 1. The van der Waals surface area contributed by atoms with E-state index in [4.69, 9.17) is 0 Å². The molecular formula is C15H13N3O2. The molecule has 1 atom stereocenters. The van der Waals surface area contributed by atoms with Crippen LogP contribution in [0.4, 0.5) is 5.69 Å². The predicted molar refractivity (Wildman–Crippen MR) is 76.6 cm³/mol. The Hall–Kier alpha value is -2.69. The highest BCUT2D eigenvalue weighted by molar-refractivity contribution is 6.01. The Balaban J connectivity index is 1.75. The first-order valence-electron chi connectivity index (χ1n) is 6.36. The van der Waals surface area contributed by atoms with Crippen molar-refractivity contribution >= 4 is 11.4 Å². The van der Waals surface area contributed by atoms with E-state index in [1.54, 1.807) is 12.1 Å². The molecule has 0 saturated carbocycles. The lowest BCUT2D eigenvalue weighted by molar-refractivity contribution is -0.384. The molecule has 0 aliphatic carbocycles. The summed E-state index contributed by atoms with van der Waals surface area (Å²) in [7, 11) is 0. The molecule has 0 fully saturated rings. The van der Waals surface area contributed by atoms with Crippen molar-refractivity contribution in [1.82, 2.24) is 5.43 Å². The maximum Gasteiger partial charge on any atom is 0.269 e. The molecule has 0 amide bonds. The fraction of sp³-hybridized carbons (Fsp3) is 0.133. The Kier molecular flexibility index (Phi) is 3.16. The fourth-order valence-corrected chi connectivity index (χ4v) is 2.28. The van der Waals surface area contributed by atoms with Gasteiger partial charge in [0.15, 0.2) is 0 Å². The maximum absolute atomic E-state index is 10.6. The number of hydrogen-bond acceptors (Lipinski definition) is 4. The second-order valence-corrected chi connectivity index (χ2v) is 4.66. The van der Waals surface area contributed by atoms with Crippen molar-refractivity contribution in [2.45, 2.75) is 12.5 Å². The van der Waals surface area contributed by atoms with Crippen LogP contribution in [-0.2, 0) is 0 Å². The molecule has 100 valence electrons. The van der Waals surface area contributed by atoms with E-state index >= 15 is 0 Å². The topological polar surface area (TPSA) is 67.5 Å². The van der Waals surface area contributed by atoms with Crippen LogP contribution in [0.1, 0.15) is 23.6 Å². The van der Waals surface area contributed by atoms with E-state index in [1.807, 2.05) is 18.2 Å². The van der Waals surface area contributed by atoms with Gasteiger partial charge in [-0.05, 0) is 23.3 Å². The Morgan fingerprint density at radius 2 is 1.80 bits per heavy atom. The first kappa shape index (κ1) is 12.3. The Morgan fingerprint density at radius 3 is 2.45 bits per heavy atom. The lowest BCUT2D eigenvalue weighted by atomic mass is 9.99. The van der Waals surface area contributed by atoms with Gasteiger partial charge >= 0.3 is 0 Å². The van der Waals surface area contributed by atoms with Crippen LogP contribution < -0.4 is 5.43 Å². The molecular weight excluding hydrogens is 254 g/mol. The molecule has 0 aromatic heterocycles. The average molecular weight is 267 g/mol. The third-order valence-corrected chi connectivity index (χ3v) is 3.37. The van der Waals surface area contributed by atoms with Gasteiger partial charge in [-0.2, -0.15) is 5.10 Å². The molecule has 0 radical (unpaired) electrons. The minimum Gasteiger partial charge on any atom is -0.302 e. The number of benzene rings is 2. The van der Waals surface area contributed by atoms with Gasteiger partial charge in [-0.1, -0.05) is 30.3 Å². The summed E-state index contributed by atoms with van der Waals surface area (Å²) in [5, 5.41) is 15.0. The van der Waals surface area contributed by atoms with Gasteiger partial charge in [0.2, 0.25) is 0 Å². The van der Waals surface area contributed by atoms with Crippen LogP contribution in [0.2, 0.25) is 0 Å². The van der Waals surface area contributed by atoms with Crippen molar-refractivity contribution in [3.63, 3.8) is 0 Å². The van der Waals surface area contributed by atoms with Crippen LogP contribution >= 0.6 is 0 Å². The Morgan fingerprint density at radius 1 is 1.10 bits per heavy atom. The molecule has 1 aliphatic heterocycles. The second-order valence-electron chi connectivity index (χ2n) is 4.66. The summed E-state index contributed by atoms with van der Waals surface area (Å²) < 4.78 is 0. The Labute approximate surface area is 116 Å². The van der Waals surface area contributed by atoms with Crippen LogP contribution in [0.3, 0.4) is 0 Å². The molecule has 0 spiro atoms. The molecule has 1 unspecified atom stereocenters. The fourth-order valence-electron chi connectivity index (χ4n) is 2.28. The molecule has 3 rings (SSSR count). The van der Waals surface area contributed by atoms with E-state index in [0.717, 1.165) is 17.7 Å². The molecule has 1 aliphatic rings. The summed E-state index contributed by atoms with van der Waals surface area (Å²) in [5.41, 5.74) is 6.24. The number of hydrazone groups is 1. The summed E-state index contributed by atoms with van der Waals surface area (Å²) in [6.07, 6.45) is 0.780. The third-order valence-electron chi connectivity index (χ3n) is 3.37. The molecule has 5 nitrogen and oxygen atoms in total. The van der Waals surface area contributed by atoms with E-state index in [0.29, 0.717) is 0 Å². The number of nitro groups is 1. The molecule has 2 aromatic carbocycles. The molecule has 1 heterocycles. The molecule has 0 bridgehead atoms. The molecule has 20 heavy (non-hydrogen) atoms. The average Bonchev–Trinajstić information content (AvgIpc) is 2.98. The van der Waals surface area contributed by atoms with Crippen molar-refractivity contribution in [3.8, 4) is 0 Å². The summed E-state index contributed by atoms with van der Waals surface area (Å²) >= 11 is 0. The number of rotatable bonds is 3. The number of nitrogens with zero attached hydrogens (tertiary/aromatic N) is 2. The highest BCUT2D eigenvalue weighted by Crippen LogP contribution is 2.24. The smallest absolute Gasteiger partial charge is 0.269 e. The van der Waals surface area contributed by atoms with Gasteiger partial charge in [-0.25, -0.2) is 0 Å². The summed E-state index contributed by atoms with van der Waals surface area (Å²) in [6.45, 7) is 0. The number of hydrogen-bond donors (Lipinski definition) is 1. The number of nitrogens with one attached hydrogen (secondary N) is 1. The summed E-state index contributed by atoms with van der Waals surface area (Å²) in [6, 6.07) is 16.8. The highest BCUT2D eigenvalue weighted by atomic mass is 16.6. The zero-order valence-corrected chi connectivity index (χ0v) is 10.7. The maximum atomic E-state index is 10.6. The lowest BCUT2D eigenvalue weighted by Crippen LogP contribution is -2.09. The highest BCUT2D eigenvalue weighted by Gasteiger charge is 2.21. The van der Waals surface area contributed by atoms with E-state index in [1.165, 1.54) is 17.7 Å². The quantitative estimate of drug-likeness (QED) is 0.686. The normalized spacial score (nSPS) is 17.4. The van der Waals surface area contributed by atoms with E-state index in [9.17, 15) is 10.1 Å². The SMILES string of the molecule is O=[N+]([O-])c1ccc(C2=NNC(c3ccccc3)C2)cc1. The second kappa shape index (κ2) is 5.13. The minimum atomic E-state index is -0.398. The first-order chi connectivity index (χ1) is 9.74. The van der Waals surface area contributed by atoms with Crippen molar-refractivity contribution in [3.05, 3.63) is 75.8 Å². The zero-order chi connectivity index (χ0) is 13.9.